The normalized spacial score (nSPS) is 13.2. The molecule has 0 aromatic heterocycles. The lowest BCUT2D eigenvalue weighted by Gasteiger charge is -2.20. The van der Waals surface area contributed by atoms with Crippen LogP contribution in [-0.4, -0.2) is 17.2 Å². The molecule has 6 heteroatoms. The maximum atomic E-state index is 13.1. The van der Waals surface area contributed by atoms with Crippen molar-refractivity contribution in [3.05, 3.63) is 70.5 Å². The van der Waals surface area contributed by atoms with Gasteiger partial charge >= 0.3 is 6.09 Å². The predicted octanol–water partition coefficient (Wildman–Crippen LogP) is 3.83. The van der Waals surface area contributed by atoms with Crippen LogP contribution in [0.25, 0.3) is 0 Å². The number of alkyl carbamates (subject to hydrolysis) is 1. The van der Waals surface area contributed by atoms with Crippen LogP contribution < -0.4 is 5.32 Å². The Labute approximate surface area is 138 Å². The van der Waals surface area contributed by atoms with E-state index in [1.165, 1.54) is 18.2 Å². The number of aliphatic hydroxyl groups excluding tert-OH is 1. The summed E-state index contributed by atoms with van der Waals surface area (Å²) in [6.07, 6.45) is -1.68. The maximum Gasteiger partial charge on any atom is 0.407 e. The summed E-state index contributed by atoms with van der Waals surface area (Å²) in [5.41, 5.74) is 1.27. The summed E-state index contributed by atoms with van der Waals surface area (Å²) in [6.45, 7) is 1.75. The minimum absolute atomic E-state index is 0.0830. The summed E-state index contributed by atoms with van der Waals surface area (Å²) in [4.78, 5) is 11.8. The van der Waals surface area contributed by atoms with Crippen molar-refractivity contribution in [1.82, 2.24) is 5.32 Å². The van der Waals surface area contributed by atoms with E-state index < -0.39 is 24.1 Å². The van der Waals surface area contributed by atoms with Gasteiger partial charge in [0.1, 0.15) is 12.4 Å². The molecule has 0 saturated carbocycles. The maximum absolute atomic E-state index is 13.1. The summed E-state index contributed by atoms with van der Waals surface area (Å²) >= 11 is 5.69. The number of nitrogens with one attached hydrogen (secondary N) is 1. The Hall–Kier alpha value is -2.11. The van der Waals surface area contributed by atoms with Gasteiger partial charge in [-0.2, -0.15) is 0 Å². The number of amides is 1. The first-order valence-corrected chi connectivity index (χ1v) is 7.45. The number of ether oxygens (including phenoxy) is 1. The average Bonchev–Trinajstić information content (AvgIpc) is 2.55. The first-order valence-electron chi connectivity index (χ1n) is 7.07. The van der Waals surface area contributed by atoms with Gasteiger partial charge in [0.25, 0.3) is 0 Å². The molecule has 0 bridgehead atoms. The van der Waals surface area contributed by atoms with Gasteiger partial charge in [-0.25, -0.2) is 9.18 Å². The number of hydrogen-bond acceptors (Lipinski definition) is 3. The molecule has 2 aromatic carbocycles. The molecule has 0 unspecified atom stereocenters. The molecule has 2 atom stereocenters. The van der Waals surface area contributed by atoms with Gasteiger partial charge in [-0.1, -0.05) is 48.0 Å². The Balaban J connectivity index is 1.88. The van der Waals surface area contributed by atoms with Gasteiger partial charge in [0, 0.05) is 0 Å². The van der Waals surface area contributed by atoms with E-state index in [0.29, 0.717) is 5.56 Å². The molecule has 2 N–H and O–H groups in total. The van der Waals surface area contributed by atoms with Gasteiger partial charge in [-0.05, 0) is 30.2 Å². The number of carbonyl (C=O) groups is 1. The number of hydrogen-bond donors (Lipinski definition) is 2. The fourth-order valence-corrected chi connectivity index (χ4v) is 2.20. The molecule has 2 rings (SSSR count). The number of carbonyl (C=O) groups excluding carboxylic acids is 1. The molecule has 0 heterocycles. The molecule has 0 radical (unpaired) electrons. The van der Waals surface area contributed by atoms with Crippen LogP contribution in [0.15, 0.2) is 48.5 Å². The van der Waals surface area contributed by atoms with Crippen LogP contribution in [0.5, 0.6) is 0 Å². The largest absolute Gasteiger partial charge is 0.445 e. The van der Waals surface area contributed by atoms with E-state index in [-0.39, 0.29) is 11.6 Å². The first kappa shape index (κ1) is 17.2. The Morgan fingerprint density at radius 1 is 1.30 bits per heavy atom. The standard InChI is InChI=1S/C17H17ClFNO3/c1-11(16(21)13-7-8-15(19)14(18)9-13)20-17(22)23-10-12-5-3-2-4-6-12/h2-9,11,16,21H,10H2,1H3,(H,20,22)/t11-,16-/m0/s1. The van der Waals surface area contributed by atoms with Crippen molar-refractivity contribution < 1.29 is 19.0 Å². The monoisotopic (exact) mass is 337 g/mol. The Morgan fingerprint density at radius 2 is 2.00 bits per heavy atom. The van der Waals surface area contributed by atoms with E-state index in [1.54, 1.807) is 6.92 Å². The van der Waals surface area contributed by atoms with Crippen LogP contribution >= 0.6 is 11.6 Å². The fraction of sp³-hybridized carbons (Fsp3) is 0.235. The van der Waals surface area contributed by atoms with Gasteiger partial charge in [0.15, 0.2) is 0 Å². The number of rotatable bonds is 5. The van der Waals surface area contributed by atoms with E-state index in [4.69, 9.17) is 16.3 Å². The van der Waals surface area contributed by atoms with E-state index in [9.17, 15) is 14.3 Å². The van der Waals surface area contributed by atoms with Gasteiger partial charge in [0.05, 0.1) is 17.2 Å². The molecule has 0 spiro atoms. The molecular formula is C17H17ClFNO3. The van der Waals surface area contributed by atoms with E-state index in [1.807, 2.05) is 30.3 Å². The van der Waals surface area contributed by atoms with Crippen LogP contribution in [0.2, 0.25) is 5.02 Å². The molecule has 1 amide bonds. The summed E-state index contributed by atoms with van der Waals surface area (Å²) in [5.74, 6) is -0.564. The average molecular weight is 338 g/mol. The smallest absolute Gasteiger partial charge is 0.407 e. The highest BCUT2D eigenvalue weighted by Crippen LogP contribution is 2.23. The third kappa shape index (κ3) is 4.94. The van der Waals surface area contributed by atoms with E-state index >= 15 is 0 Å². The minimum Gasteiger partial charge on any atom is -0.445 e. The fourth-order valence-electron chi connectivity index (χ4n) is 2.01. The molecule has 0 fully saturated rings. The molecule has 0 aliphatic rings. The van der Waals surface area contributed by atoms with Gasteiger partial charge < -0.3 is 15.2 Å². The molecule has 122 valence electrons. The quantitative estimate of drug-likeness (QED) is 0.871. The Bertz CT molecular complexity index is 666. The summed E-state index contributed by atoms with van der Waals surface area (Å²) in [6, 6.07) is 12.5. The summed E-state index contributed by atoms with van der Waals surface area (Å²) in [7, 11) is 0. The molecule has 2 aromatic rings. The highest BCUT2D eigenvalue weighted by molar-refractivity contribution is 6.30. The van der Waals surface area contributed by atoms with Crippen molar-refractivity contribution in [2.75, 3.05) is 0 Å². The SMILES string of the molecule is C[C@H](NC(=O)OCc1ccccc1)[C@H](O)c1ccc(F)c(Cl)c1. The third-order valence-electron chi connectivity index (χ3n) is 3.32. The second kappa shape index (κ2) is 7.94. The second-order valence-corrected chi connectivity index (χ2v) is 5.52. The van der Waals surface area contributed by atoms with Crippen molar-refractivity contribution in [2.24, 2.45) is 0 Å². The molecule has 23 heavy (non-hydrogen) atoms. The zero-order valence-corrected chi connectivity index (χ0v) is 13.3. The second-order valence-electron chi connectivity index (χ2n) is 5.11. The van der Waals surface area contributed by atoms with Crippen LogP contribution in [0.3, 0.4) is 0 Å². The van der Waals surface area contributed by atoms with Crippen molar-refractivity contribution in [3.63, 3.8) is 0 Å². The zero-order valence-electron chi connectivity index (χ0n) is 12.5. The lowest BCUT2D eigenvalue weighted by Crippen LogP contribution is -2.37. The number of aliphatic hydroxyl groups is 1. The minimum atomic E-state index is -1.03. The highest BCUT2D eigenvalue weighted by atomic mass is 35.5. The molecule has 4 nitrogen and oxygen atoms in total. The lowest BCUT2D eigenvalue weighted by molar-refractivity contribution is 0.106. The summed E-state index contributed by atoms with van der Waals surface area (Å²) < 4.78 is 18.2. The van der Waals surface area contributed by atoms with Gasteiger partial charge in [0.2, 0.25) is 0 Å². The molecule has 0 aliphatic heterocycles. The van der Waals surface area contributed by atoms with E-state index in [0.717, 1.165) is 5.56 Å². The van der Waals surface area contributed by atoms with E-state index in [2.05, 4.69) is 5.32 Å². The number of benzene rings is 2. The Kier molecular flexibility index (Phi) is 5.96. The lowest BCUT2D eigenvalue weighted by atomic mass is 10.0. The van der Waals surface area contributed by atoms with Gasteiger partial charge in [-0.15, -0.1) is 0 Å². The van der Waals surface area contributed by atoms with Crippen molar-refractivity contribution >= 4 is 17.7 Å². The van der Waals surface area contributed by atoms with Crippen LogP contribution in [0, 0.1) is 5.82 Å². The predicted molar refractivity (Wildman–Crippen MR) is 85.6 cm³/mol. The van der Waals surface area contributed by atoms with Gasteiger partial charge in [-0.3, -0.25) is 0 Å². The zero-order chi connectivity index (χ0) is 16.8. The number of halogens is 2. The van der Waals surface area contributed by atoms with Crippen LogP contribution in [0.4, 0.5) is 9.18 Å². The van der Waals surface area contributed by atoms with Crippen LogP contribution in [-0.2, 0) is 11.3 Å². The molecule has 0 saturated heterocycles. The first-order chi connectivity index (χ1) is 11.0. The summed E-state index contributed by atoms with van der Waals surface area (Å²) in [5, 5.41) is 12.6. The highest BCUT2D eigenvalue weighted by Gasteiger charge is 2.20. The topological polar surface area (TPSA) is 58.6 Å². The van der Waals surface area contributed by atoms with Crippen molar-refractivity contribution in [1.29, 1.82) is 0 Å². The Morgan fingerprint density at radius 3 is 2.65 bits per heavy atom. The van der Waals surface area contributed by atoms with Crippen molar-refractivity contribution in [2.45, 2.75) is 25.7 Å². The molecule has 0 aliphatic carbocycles. The van der Waals surface area contributed by atoms with Crippen molar-refractivity contribution in [3.8, 4) is 0 Å². The van der Waals surface area contributed by atoms with Crippen LogP contribution in [0.1, 0.15) is 24.2 Å². The molecular weight excluding hydrogens is 321 g/mol. The third-order valence-corrected chi connectivity index (χ3v) is 3.61.